The Kier molecular flexibility index (Phi) is 2.51. The summed E-state index contributed by atoms with van der Waals surface area (Å²) in [6.45, 7) is 2.98. The van der Waals surface area contributed by atoms with Gasteiger partial charge in [0.1, 0.15) is 0 Å². The largest absolute Gasteiger partial charge is 0.399 e. The SMILES string of the molecule is CC1CC1CNC(=O)c1c[nH]c2ccc(N)cc12. The highest BCUT2D eigenvalue weighted by Gasteiger charge is 2.32. The molecule has 4 heteroatoms. The molecule has 1 aliphatic rings. The Labute approximate surface area is 106 Å². The van der Waals surface area contributed by atoms with Crippen LogP contribution >= 0.6 is 0 Å². The molecule has 4 nitrogen and oxygen atoms in total. The fourth-order valence-corrected chi connectivity index (χ4v) is 2.33. The van der Waals surface area contributed by atoms with Crippen LogP contribution in [0.5, 0.6) is 0 Å². The Bertz CT molecular complexity index is 602. The van der Waals surface area contributed by atoms with E-state index in [1.807, 2.05) is 18.2 Å². The number of hydrogen-bond donors (Lipinski definition) is 3. The molecular formula is C14H17N3O. The number of rotatable bonds is 3. The first-order chi connectivity index (χ1) is 8.65. The van der Waals surface area contributed by atoms with Gasteiger partial charge in [-0.3, -0.25) is 4.79 Å². The zero-order valence-corrected chi connectivity index (χ0v) is 10.4. The van der Waals surface area contributed by atoms with Crippen LogP contribution in [0.4, 0.5) is 5.69 Å². The fourth-order valence-electron chi connectivity index (χ4n) is 2.33. The fraction of sp³-hybridized carbons (Fsp3) is 0.357. The number of anilines is 1. The summed E-state index contributed by atoms with van der Waals surface area (Å²) in [5.74, 6) is 1.39. The Morgan fingerprint density at radius 3 is 3.06 bits per heavy atom. The van der Waals surface area contributed by atoms with Crippen LogP contribution in [0.15, 0.2) is 24.4 Å². The monoisotopic (exact) mass is 243 g/mol. The van der Waals surface area contributed by atoms with Gasteiger partial charge in [0.15, 0.2) is 0 Å². The summed E-state index contributed by atoms with van der Waals surface area (Å²) < 4.78 is 0. The van der Waals surface area contributed by atoms with Crippen LogP contribution in [-0.4, -0.2) is 17.4 Å². The molecule has 0 saturated heterocycles. The van der Waals surface area contributed by atoms with Gasteiger partial charge >= 0.3 is 0 Å². The van der Waals surface area contributed by atoms with Crippen LogP contribution in [0.1, 0.15) is 23.7 Å². The van der Waals surface area contributed by atoms with Gasteiger partial charge in [-0.2, -0.15) is 0 Å². The average Bonchev–Trinajstić information content (AvgIpc) is 2.88. The zero-order valence-electron chi connectivity index (χ0n) is 10.4. The molecule has 94 valence electrons. The van der Waals surface area contributed by atoms with Gasteiger partial charge in [0, 0.05) is 29.3 Å². The summed E-state index contributed by atoms with van der Waals surface area (Å²) in [5.41, 5.74) is 8.04. The minimum Gasteiger partial charge on any atom is -0.399 e. The Morgan fingerprint density at radius 2 is 2.33 bits per heavy atom. The molecule has 2 aromatic rings. The van der Waals surface area contributed by atoms with Crippen molar-refractivity contribution in [2.45, 2.75) is 13.3 Å². The maximum Gasteiger partial charge on any atom is 0.253 e. The summed E-state index contributed by atoms with van der Waals surface area (Å²) in [4.78, 5) is 15.2. The number of aromatic nitrogens is 1. The predicted molar refractivity (Wildman–Crippen MR) is 72.3 cm³/mol. The first kappa shape index (κ1) is 11.1. The van der Waals surface area contributed by atoms with Crippen molar-refractivity contribution in [3.63, 3.8) is 0 Å². The van der Waals surface area contributed by atoms with Gasteiger partial charge in [-0.05, 0) is 36.5 Å². The van der Waals surface area contributed by atoms with E-state index < -0.39 is 0 Å². The lowest BCUT2D eigenvalue weighted by atomic mass is 10.1. The highest BCUT2D eigenvalue weighted by atomic mass is 16.1. The molecule has 1 fully saturated rings. The maximum atomic E-state index is 12.1. The second-order valence-electron chi connectivity index (χ2n) is 5.19. The standard InChI is InChI=1S/C14H17N3O/c1-8-4-9(8)6-17-14(18)12-7-16-13-3-2-10(15)5-11(12)13/h2-3,5,7-9,16H,4,6,15H2,1H3,(H,17,18). The highest BCUT2D eigenvalue weighted by Crippen LogP contribution is 2.36. The number of fused-ring (bicyclic) bond motifs is 1. The zero-order chi connectivity index (χ0) is 12.7. The van der Waals surface area contributed by atoms with Gasteiger partial charge in [0.25, 0.3) is 5.91 Å². The van der Waals surface area contributed by atoms with Crippen LogP contribution in [-0.2, 0) is 0 Å². The second kappa shape index (κ2) is 4.05. The summed E-state index contributed by atoms with van der Waals surface area (Å²) in [6.07, 6.45) is 2.97. The third-order valence-corrected chi connectivity index (χ3v) is 3.75. The number of nitrogens with one attached hydrogen (secondary N) is 2. The van der Waals surface area contributed by atoms with Crippen LogP contribution < -0.4 is 11.1 Å². The van der Waals surface area contributed by atoms with Crippen molar-refractivity contribution in [3.8, 4) is 0 Å². The molecule has 1 amide bonds. The van der Waals surface area contributed by atoms with E-state index in [4.69, 9.17) is 5.73 Å². The molecular weight excluding hydrogens is 226 g/mol. The number of carbonyl (C=O) groups is 1. The predicted octanol–water partition coefficient (Wildman–Crippen LogP) is 2.14. The van der Waals surface area contributed by atoms with Crippen molar-refractivity contribution in [2.75, 3.05) is 12.3 Å². The van der Waals surface area contributed by atoms with Gasteiger partial charge in [-0.15, -0.1) is 0 Å². The van der Waals surface area contributed by atoms with Crippen LogP contribution in [0.3, 0.4) is 0 Å². The first-order valence-corrected chi connectivity index (χ1v) is 6.30. The van der Waals surface area contributed by atoms with Crippen molar-refractivity contribution in [1.82, 2.24) is 10.3 Å². The topological polar surface area (TPSA) is 70.9 Å². The Balaban J connectivity index is 1.80. The highest BCUT2D eigenvalue weighted by molar-refractivity contribution is 6.07. The van der Waals surface area contributed by atoms with Gasteiger partial charge in [0.05, 0.1) is 5.56 Å². The van der Waals surface area contributed by atoms with Gasteiger partial charge in [-0.25, -0.2) is 0 Å². The summed E-state index contributed by atoms with van der Waals surface area (Å²) in [7, 11) is 0. The van der Waals surface area contributed by atoms with Crippen LogP contribution in [0.25, 0.3) is 10.9 Å². The molecule has 1 heterocycles. The van der Waals surface area contributed by atoms with Gasteiger partial charge in [0.2, 0.25) is 0 Å². The molecule has 4 N–H and O–H groups in total. The number of benzene rings is 1. The maximum absolute atomic E-state index is 12.1. The van der Waals surface area contributed by atoms with Crippen molar-refractivity contribution in [2.24, 2.45) is 11.8 Å². The van der Waals surface area contributed by atoms with E-state index in [0.29, 0.717) is 17.2 Å². The van der Waals surface area contributed by atoms with Crippen molar-refractivity contribution in [1.29, 1.82) is 0 Å². The number of amides is 1. The van der Waals surface area contributed by atoms with E-state index in [1.165, 1.54) is 6.42 Å². The molecule has 0 aliphatic heterocycles. The van der Waals surface area contributed by atoms with E-state index in [1.54, 1.807) is 6.20 Å². The normalized spacial score (nSPS) is 22.1. The molecule has 1 aliphatic carbocycles. The molecule has 1 saturated carbocycles. The van der Waals surface area contributed by atoms with Crippen LogP contribution in [0.2, 0.25) is 0 Å². The second-order valence-corrected chi connectivity index (χ2v) is 5.19. The quantitative estimate of drug-likeness (QED) is 0.723. The van der Waals surface area contributed by atoms with Crippen molar-refractivity contribution >= 4 is 22.5 Å². The molecule has 3 rings (SSSR count). The smallest absolute Gasteiger partial charge is 0.253 e. The van der Waals surface area contributed by atoms with E-state index in [-0.39, 0.29) is 5.91 Å². The number of hydrogen-bond acceptors (Lipinski definition) is 2. The van der Waals surface area contributed by atoms with E-state index in [9.17, 15) is 4.79 Å². The summed E-state index contributed by atoms with van der Waals surface area (Å²) >= 11 is 0. The Hall–Kier alpha value is -1.97. The molecule has 0 radical (unpaired) electrons. The lowest BCUT2D eigenvalue weighted by Crippen LogP contribution is -2.25. The number of aromatic amines is 1. The minimum absolute atomic E-state index is 0.0223. The number of nitrogen functional groups attached to an aromatic ring is 1. The third kappa shape index (κ3) is 1.94. The number of carbonyl (C=O) groups excluding carboxylic acids is 1. The number of H-pyrrole nitrogens is 1. The molecule has 1 aromatic carbocycles. The third-order valence-electron chi connectivity index (χ3n) is 3.75. The minimum atomic E-state index is -0.0223. The first-order valence-electron chi connectivity index (χ1n) is 6.30. The molecule has 18 heavy (non-hydrogen) atoms. The van der Waals surface area contributed by atoms with Gasteiger partial charge < -0.3 is 16.0 Å². The lowest BCUT2D eigenvalue weighted by Gasteiger charge is -2.03. The number of nitrogens with two attached hydrogens (primary N) is 1. The molecule has 2 atom stereocenters. The lowest BCUT2D eigenvalue weighted by molar-refractivity contribution is 0.0953. The molecule has 1 aromatic heterocycles. The van der Waals surface area contributed by atoms with Crippen molar-refractivity contribution in [3.05, 3.63) is 30.0 Å². The molecule has 0 bridgehead atoms. The van der Waals surface area contributed by atoms with Crippen LogP contribution in [0, 0.1) is 11.8 Å². The van der Waals surface area contributed by atoms with E-state index >= 15 is 0 Å². The van der Waals surface area contributed by atoms with Crippen molar-refractivity contribution < 1.29 is 4.79 Å². The molecule has 2 unspecified atom stereocenters. The van der Waals surface area contributed by atoms with Gasteiger partial charge in [-0.1, -0.05) is 6.92 Å². The molecule has 0 spiro atoms. The summed E-state index contributed by atoms with van der Waals surface area (Å²) in [6, 6.07) is 5.55. The summed E-state index contributed by atoms with van der Waals surface area (Å²) in [5, 5.41) is 3.87. The van der Waals surface area contributed by atoms with E-state index in [2.05, 4.69) is 17.2 Å². The van der Waals surface area contributed by atoms with E-state index in [0.717, 1.165) is 23.4 Å². The average molecular weight is 243 g/mol. The Morgan fingerprint density at radius 1 is 1.56 bits per heavy atom.